The molecule has 1 aliphatic rings. The van der Waals surface area contributed by atoms with Gasteiger partial charge in [0.2, 0.25) is 0 Å². The lowest BCUT2D eigenvalue weighted by Gasteiger charge is -2.17. The van der Waals surface area contributed by atoms with Crippen molar-refractivity contribution >= 4 is 5.97 Å². The van der Waals surface area contributed by atoms with Gasteiger partial charge in [0.05, 0.1) is 17.5 Å². The maximum atomic E-state index is 11.5. The first kappa shape index (κ1) is 12.7. The minimum absolute atomic E-state index is 0.208. The van der Waals surface area contributed by atoms with Crippen LogP contribution in [0.3, 0.4) is 0 Å². The van der Waals surface area contributed by atoms with Crippen LogP contribution < -0.4 is 5.32 Å². The zero-order valence-corrected chi connectivity index (χ0v) is 10.9. The average Bonchev–Trinajstić information content (AvgIpc) is 3.01. The van der Waals surface area contributed by atoms with Crippen molar-refractivity contribution in [2.45, 2.75) is 12.3 Å². The molecular formula is C15H15N3O2. The minimum Gasteiger partial charge on any atom is -0.478 e. The third-order valence-electron chi connectivity index (χ3n) is 3.64. The largest absolute Gasteiger partial charge is 0.478 e. The topological polar surface area (TPSA) is 75.1 Å². The second kappa shape index (κ2) is 5.38. The molecule has 1 fully saturated rings. The maximum Gasteiger partial charge on any atom is 0.335 e. The van der Waals surface area contributed by atoms with Gasteiger partial charge in [0, 0.05) is 24.5 Å². The molecule has 1 aromatic heterocycles. The van der Waals surface area contributed by atoms with E-state index < -0.39 is 5.97 Å². The first-order valence-corrected chi connectivity index (χ1v) is 6.60. The normalized spacial score (nSPS) is 18.1. The molecule has 0 aliphatic carbocycles. The Kier molecular flexibility index (Phi) is 3.43. The molecule has 20 heavy (non-hydrogen) atoms. The van der Waals surface area contributed by atoms with Crippen LogP contribution in [-0.4, -0.2) is 34.1 Å². The van der Waals surface area contributed by atoms with E-state index in [-0.39, 0.29) is 5.92 Å². The summed E-state index contributed by atoms with van der Waals surface area (Å²) in [7, 11) is 0. The van der Waals surface area contributed by atoms with Gasteiger partial charge in [0.25, 0.3) is 0 Å². The Bertz CT molecular complexity index is 622. The number of carboxylic acid groups (broad SMARTS) is 1. The second-order valence-electron chi connectivity index (χ2n) is 4.85. The Balaban J connectivity index is 2.18. The lowest BCUT2D eigenvalue weighted by molar-refractivity contribution is 0.0695. The van der Waals surface area contributed by atoms with Crippen LogP contribution in [0.5, 0.6) is 0 Å². The molecule has 2 aromatic rings. The fourth-order valence-electron chi connectivity index (χ4n) is 2.75. The van der Waals surface area contributed by atoms with Crippen molar-refractivity contribution < 1.29 is 9.90 Å². The van der Waals surface area contributed by atoms with Crippen molar-refractivity contribution in [3.8, 4) is 11.3 Å². The van der Waals surface area contributed by atoms with E-state index in [0.717, 1.165) is 36.3 Å². The molecule has 5 heteroatoms. The highest BCUT2D eigenvalue weighted by atomic mass is 16.4. The molecule has 2 heterocycles. The summed E-state index contributed by atoms with van der Waals surface area (Å²) in [6.45, 7) is 1.72. The zero-order chi connectivity index (χ0) is 13.9. The number of rotatable bonds is 3. The summed E-state index contributed by atoms with van der Waals surface area (Å²) in [6.07, 6.45) is 5.85. The molecule has 1 aliphatic heterocycles. The molecule has 0 bridgehead atoms. The first-order valence-electron chi connectivity index (χ1n) is 6.60. The quantitative estimate of drug-likeness (QED) is 0.890. The number of aromatic nitrogens is 2. The van der Waals surface area contributed by atoms with Crippen molar-refractivity contribution in [1.29, 1.82) is 0 Å². The van der Waals surface area contributed by atoms with Gasteiger partial charge >= 0.3 is 5.97 Å². The Labute approximate surface area is 116 Å². The molecule has 3 rings (SSSR count). The van der Waals surface area contributed by atoms with Crippen molar-refractivity contribution in [2.75, 3.05) is 13.1 Å². The standard InChI is InChI=1S/C15H15N3O2/c19-15(20)12-3-1-2-11(13-9-17-6-7-18-13)14(12)10-4-5-16-8-10/h1-3,6-7,9-10,16H,4-5,8H2,(H,19,20). The molecule has 1 unspecified atom stereocenters. The molecular weight excluding hydrogens is 254 g/mol. The Hall–Kier alpha value is -2.27. The van der Waals surface area contributed by atoms with Crippen LogP contribution in [-0.2, 0) is 0 Å². The lowest BCUT2D eigenvalue weighted by atomic mass is 9.88. The van der Waals surface area contributed by atoms with Gasteiger partial charge in [-0.1, -0.05) is 12.1 Å². The van der Waals surface area contributed by atoms with Gasteiger partial charge < -0.3 is 10.4 Å². The number of nitrogens with zero attached hydrogens (tertiary/aromatic N) is 2. The van der Waals surface area contributed by atoms with Crippen LogP contribution in [0.15, 0.2) is 36.8 Å². The zero-order valence-electron chi connectivity index (χ0n) is 10.9. The lowest BCUT2D eigenvalue weighted by Crippen LogP contribution is -2.13. The number of benzene rings is 1. The van der Waals surface area contributed by atoms with Gasteiger partial charge in [-0.15, -0.1) is 0 Å². The Morgan fingerprint density at radius 2 is 2.25 bits per heavy atom. The third-order valence-corrected chi connectivity index (χ3v) is 3.64. The molecule has 1 atom stereocenters. The van der Waals surface area contributed by atoms with E-state index in [1.54, 1.807) is 30.7 Å². The van der Waals surface area contributed by atoms with E-state index in [0.29, 0.717) is 5.56 Å². The van der Waals surface area contributed by atoms with E-state index in [1.807, 2.05) is 6.07 Å². The van der Waals surface area contributed by atoms with E-state index in [9.17, 15) is 9.90 Å². The average molecular weight is 269 g/mol. The highest BCUT2D eigenvalue weighted by molar-refractivity contribution is 5.92. The number of aromatic carboxylic acids is 1. The van der Waals surface area contributed by atoms with Crippen LogP contribution in [0.4, 0.5) is 0 Å². The van der Waals surface area contributed by atoms with Gasteiger partial charge in [0.1, 0.15) is 0 Å². The molecule has 0 saturated carbocycles. The summed E-state index contributed by atoms with van der Waals surface area (Å²) in [5.41, 5.74) is 2.82. The van der Waals surface area contributed by atoms with E-state index in [2.05, 4.69) is 15.3 Å². The van der Waals surface area contributed by atoms with Crippen LogP contribution in [0.25, 0.3) is 11.3 Å². The van der Waals surface area contributed by atoms with Crippen LogP contribution in [0, 0.1) is 0 Å². The van der Waals surface area contributed by atoms with Crippen LogP contribution in [0.2, 0.25) is 0 Å². The predicted molar refractivity (Wildman–Crippen MR) is 74.7 cm³/mol. The summed E-state index contributed by atoms with van der Waals surface area (Å²) >= 11 is 0. The van der Waals surface area contributed by atoms with Gasteiger partial charge in [-0.05, 0) is 30.5 Å². The van der Waals surface area contributed by atoms with Crippen molar-refractivity contribution in [3.63, 3.8) is 0 Å². The number of carbonyl (C=O) groups is 1. The Morgan fingerprint density at radius 1 is 1.35 bits per heavy atom. The number of hydrogen-bond donors (Lipinski definition) is 2. The van der Waals surface area contributed by atoms with Crippen molar-refractivity contribution in [2.24, 2.45) is 0 Å². The molecule has 0 radical (unpaired) electrons. The summed E-state index contributed by atoms with van der Waals surface area (Å²) in [6, 6.07) is 5.35. The van der Waals surface area contributed by atoms with Gasteiger partial charge in [-0.25, -0.2) is 4.79 Å². The summed E-state index contributed by atoms with van der Waals surface area (Å²) in [4.78, 5) is 19.9. The number of hydrogen-bond acceptors (Lipinski definition) is 4. The van der Waals surface area contributed by atoms with Gasteiger partial charge in [0.15, 0.2) is 0 Å². The predicted octanol–water partition coefficient (Wildman–Crippen LogP) is 1.92. The second-order valence-corrected chi connectivity index (χ2v) is 4.85. The van der Waals surface area contributed by atoms with Crippen molar-refractivity contribution in [3.05, 3.63) is 47.9 Å². The number of nitrogens with one attached hydrogen (secondary N) is 1. The summed E-state index contributed by atoms with van der Waals surface area (Å²) in [5.74, 6) is -0.683. The van der Waals surface area contributed by atoms with Gasteiger partial charge in [-0.2, -0.15) is 0 Å². The fraction of sp³-hybridized carbons (Fsp3) is 0.267. The fourth-order valence-corrected chi connectivity index (χ4v) is 2.75. The van der Waals surface area contributed by atoms with Gasteiger partial charge in [-0.3, -0.25) is 9.97 Å². The Morgan fingerprint density at radius 3 is 2.90 bits per heavy atom. The van der Waals surface area contributed by atoms with E-state index in [4.69, 9.17) is 0 Å². The van der Waals surface area contributed by atoms with E-state index in [1.165, 1.54) is 0 Å². The molecule has 0 spiro atoms. The highest BCUT2D eigenvalue weighted by Gasteiger charge is 2.25. The molecule has 1 saturated heterocycles. The molecule has 5 nitrogen and oxygen atoms in total. The molecule has 2 N–H and O–H groups in total. The van der Waals surface area contributed by atoms with Crippen LogP contribution in [0.1, 0.15) is 28.3 Å². The smallest absolute Gasteiger partial charge is 0.335 e. The SMILES string of the molecule is O=C(O)c1cccc(-c2cnccn2)c1C1CCNC1. The maximum absolute atomic E-state index is 11.5. The molecule has 102 valence electrons. The highest BCUT2D eigenvalue weighted by Crippen LogP contribution is 2.34. The molecule has 1 aromatic carbocycles. The third kappa shape index (κ3) is 2.28. The number of carboxylic acids is 1. The monoisotopic (exact) mass is 269 g/mol. The van der Waals surface area contributed by atoms with Crippen LogP contribution >= 0.6 is 0 Å². The van der Waals surface area contributed by atoms with Crippen molar-refractivity contribution in [1.82, 2.24) is 15.3 Å². The first-order chi connectivity index (χ1) is 9.77. The summed E-state index contributed by atoms with van der Waals surface area (Å²) in [5, 5.41) is 12.7. The minimum atomic E-state index is -0.891. The van der Waals surface area contributed by atoms with E-state index >= 15 is 0 Å². The molecule has 0 amide bonds. The summed E-state index contributed by atoms with van der Waals surface area (Å²) < 4.78 is 0.